The molecule has 3 heterocycles. The van der Waals surface area contributed by atoms with Crippen molar-refractivity contribution in [1.29, 1.82) is 0 Å². The van der Waals surface area contributed by atoms with Crippen LogP contribution in [0.15, 0.2) is 34.0 Å². The number of hydrogen-bond donors (Lipinski definition) is 1. The number of aromatic nitrogens is 4. The Hall–Kier alpha value is -2.93. The Labute approximate surface area is 211 Å². The fourth-order valence-electron chi connectivity index (χ4n) is 5.40. The summed E-state index contributed by atoms with van der Waals surface area (Å²) in [5, 5.41) is 5.04. The van der Waals surface area contributed by atoms with Crippen molar-refractivity contribution in [3.8, 4) is 5.75 Å². The molecule has 1 unspecified atom stereocenters. The molecule has 13 heteroatoms. The molecule has 1 saturated heterocycles. The summed E-state index contributed by atoms with van der Waals surface area (Å²) >= 11 is 0. The molecule has 1 saturated carbocycles. The fraction of sp³-hybridized carbons (Fsp3) is 0.542. The highest BCUT2D eigenvalue weighted by Gasteiger charge is 2.38. The van der Waals surface area contributed by atoms with Crippen molar-refractivity contribution < 1.29 is 26.3 Å². The molecule has 2 fully saturated rings. The molecule has 9 nitrogen and oxygen atoms in total. The maximum atomic E-state index is 13.4. The third-order valence-corrected chi connectivity index (χ3v) is 9.04. The Morgan fingerprint density at radius 2 is 1.81 bits per heavy atom. The normalized spacial score (nSPS) is 20.4. The molecule has 1 atom stereocenters. The van der Waals surface area contributed by atoms with Gasteiger partial charge in [0.1, 0.15) is 21.9 Å². The number of aryl methyl sites for hydroxylation is 1. The number of aromatic amines is 1. The molecule has 0 spiro atoms. The number of ether oxygens (including phenoxy) is 1. The van der Waals surface area contributed by atoms with E-state index in [1.54, 1.807) is 6.92 Å². The van der Waals surface area contributed by atoms with E-state index in [-0.39, 0.29) is 24.7 Å². The lowest BCUT2D eigenvalue weighted by Crippen LogP contribution is -2.40. The van der Waals surface area contributed by atoms with Crippen LogP contribution in [0.5, 0.6) is 5.75 Å². The van der Waals surface area contributed by atoms with E-state index in [1.165, 1.54) is 12.1 Å². The number of nitrogens with one attached hydrogen (secondary N) is 1. The number of fused-ring (bicyclic) bond motifs is 1. The van der Waals surface area contributed by atoms with Crippen LogP contribution in [0.3, 0.4) is 0 Å². The molecule has 2 aromatic heterocycles. The second-order valence-corrected chi connectivity index (χ2v) is 11.6. The van der Waals surface area contributed by atoms with Crippen LogP contribution >= 0.6 is 0 Å². The summed E-state index contributed by atoms with van der Waals surface area (Å²) in [7, 11) is -4.31. The van der Waals surface area contributed by atoms with Crippen molar-refractivity contribution in [2.45, 2.75) is 75.1 Å². The van der Waals surface area contributed by atoms with E-state index in [4.69, 9.17) is 4.98 Å². The van der Waals surface area contributed by atoms with E-state index in [0.717, 1.165) is 48.5 Å². The first-order chi connectivity index (χ1) is 17.5. The zero-order chi connectivity index (χ0) is 26.4. The number of para-hydroxylation sites is 1. The molecule has 200 valence electrons. The number of piperidine rings is 1. The van der Waals surface area contributed by atoms with Gasteiger partial charge in [0, 0.05) is 19.0 Å². The largest absolute Gasteiger partial charge is 0.573 e. The first-order valence-electron chi connectivity index (χ1n) is 12.4. The monoisotopic (exact) mass is 539 g/mol. The van der Waals surface area contributed by atoms with Crippen LogP contribution in [0, 0.1) is 6.92 Å². The van der Waals surface area contributed by atoms with E-state index >= 15 is 0 Å². The van der Waals surface area contributed by atoms with Gasteiger partial charge in [-0.15, -0.1) is 13.2 Å². The zero-order valence-corrected chi connectivity index (χ0v) is 21.1. The number of nitrogens with zero attached hydrogens (tertiary/aromatic N) is 4. The van der Waals surface area contributed by atoms with Gasteiger partial charge in [0.05, 0.1) is 11.7 Å². The van der Waals surface area contributed by atoms with Crippen molar-refractivity contribution in [3.63, 3.8) is 0 Å². The molecule has 2 aliphatic rings. The molecule has 1 aliphatic carbocycles. The van der Waals surface area contributed by atoms with Crippen molar-refractivity contribution in [2.24, 2.45) is 0 Å². The predicted molar refractivity (Wildman–Crippen MR) is 129 cm³/mol. The van der Waals surface area contributed by atoms with Crippen molar-refractivity contribution in [3.05, 3.63) is 46.1 Å². The lowest BCUT2D eigenvalue weighted by atomic mass is 9.95. The Morgan fingerprint density at radius 1 is 1.08 bits per heavy atom. The molecule has 5 rings (SSSR count). The van der Waals surface area contributed by atoms with Gasteiger partial charge in [-0.05, 0) is 44.7 Å². The number of H-pyrrole nitrogens is 1. The third-order valence-electron chi connectivity index (χ3n) is 7.14. The van der Waals surface area contributed by atoms with E-state index in [9.17, 15) is 26.4 Å². The van der Waals surface area contributed by atoms with Crippen LogP contribution in [-0.2, 0) is 10.0 Å². The molecule has 1 aromatic carbocycles. The Morgan fingerprint density at radius 3 is 2.54 bits per heavy atom. The summed E-state index contributed by atoms with van der Waals surface area (Å²) in [6.45, 7) is 1.87. The predicted octanol–water partition coefficient (Wildman–Crippen LogP) is 4.40. The Kier molecular flexibility index (Phi) is 6.77. The fourth-order valence-corrected chi connectivity index (χ4v) is 7.04. The van der Waals surface area contributed by atoms with E-state index < -0.39 is 32.9 Å². The van der Waals surface area contributed by atoms with Gasteiger partial charge >= 0.3 is 6.36 Å². The van der Waals surface area contributed by atoms with Crippen molar-refractivity contribution >= 4 is 21.1 Å². The number of rotatable bonds is 5. The van der Waals surface area contributed by atoms with Crippen molar-refractivity contribution in [2.75, 3.05) is 13.1 Å². The number of sulfonamides is 1. The van der Waals surface area contributed by atoms with Crippen LogP contribution in [0.25, 0.3) is 11.0 Å². The van der Waals surface area contributed by atoms with Gasteiger partial charge in [0.25, 0.3) is 5.56 Å². The number of alkyl halides is 3. The molecule has 1 N–H and O–H groups in total. The second-order valence-electron chi connectivity index (χ2n) is 9.67. The summed E-state index contributed by atoms with van der Waals surface area (Å²) < 4.78 is 72.4. The Bertz CT molecular complexity index is 1460. The van der Waals surface area contributed by atoms with Gasteiger partial charge < -0.3 is 9.72 Å². The first-order valence-corrected chi connectivity index (χ1v) is 13.8. The van der Waals surface area contributed by atoms with E-state index in [2.05, 4.69) is 14.8 Å². The number of hydrogen-bond acceptors (Lipinski definition) is 6. The maximum Gasteiger partial charge on any atom is 0.573 e. The van der Waals surface area contributed by atoms with Crippen LogP contribution in [0.2, 0.25) is 0 Å². The summed E-state index contributed by atoms with van der Waals surface area (Å²) in [5.74, 6) is -0.863. The molecule has 3 aromatic rings. The van der Waals surface area contributed by atoms with Crippen LogP contribution in [-0.4, -0.2) is 51.9 Å². The molecule has 0 radical (unpaired) electrons. The number of benzene rings is 1. The highest BCUT2D eigenvalue weighted by atomic mass is 32.2. The number of halogens is 3. The first kappa shape index (κ1) is 25.7. The molecule has 0 amide bonds. The highest BCUT2D eigenvalue weighted by Crippen LogP contribution is 2.35. The molecular formula is C24H28F3N5O4S. The summed E-state index contributed by atoms with van der Waals surface area (Å²) in [6.07, 6.45) is 1.22. The standard InChI is InChI=1S/C24H28F3N5O4S/c1-15-20-22(32(30-15)17-9-3-2-4-10-17)28-21(29-23(20)33)16-8-7-13-31(14-16)37(34,35)19-12-6-5-11-18(19)36-24(25,26)27/h5-6,11-12,16-17H,2-4,7-10,13-14H2,1H3,(H,28,29,33). The van der Waals surface area contributed by atoms with Crippen LogP contribution in [0.4, 0.5) is 13.2 Å². The van der Waals surface area contributed by atoms with Gasteiger partial charge in [-0.25, -0.2) is 18.1 Å². The van der Waals surface area contributed by atoms with Crippen LogP contribution in [0.1, 0.15) is 68.4 Å². The van der Waals surface area contributed by atoms with E-state index in [1.807, 2.05) is 4.68 Å². The van der Waals surface area contributed by atoms with E-state index in [0.29, 0.717) is 35.4 Å². The third kappa shape index (κ3) is 5.11. The average molecular weight is 540 g/mol. The second kappa shape index (κ2) is 9.75. The van der Waals surface area contributed by atoms with Gasteiger partial charge in [0.2, 0.25) is 10.0 Å². The molecular weight excluding hydrogens is 511 g/mol. The summed E-state index contributed by atoms with van der Waals surface area (Å²) in [4.78, 5) is 20.1. The van der Waals surface area contributed by atoms with Gasteiger partial charge in [-0.3, -0.25) is 4.79 Å². The Balaban J connectivity index is 1.47. The lowest BCUT2D eigenvalue weighted by Gasteiger charge is -2.31. The minimum absolute atomic E-state index is 0.0340. The van der Waals surface area contributed by atoms with Gasteiger partial charge in [-0.1, -0.05) is 31.4 Å². The lowest BCUT2D eigenvalue weighted by molar-refractivity contribution is -0.275. The minimum atomic E-state index is -5.03. The highest BCUT2D eigenvalue weighted by molar-refractivity contribution is 7.89. The summed E-state index contributed by atoms with van der Waals surface area (Å²) in [6, 6.07) is 4.85. The van der Waals surface area contributed by atoms with Crippen molar-refractivity contribution in [1.82, 2.24) is 24.1 Å². The smallest absolute Gasteiger partial charge is 0.404 e. The molecule has 1 aliphatic heterocycles. The zero-order valence-electron chi connectivity index (χ0n) is 20.3. The van der Waals surface area contributed by atoms with Gasteiger partial charge in [-0.2, -0.15) is 9.40 Å². The molecule has 0 bridgehead atoms. The molecule has 37 heavy (non-hydrogen) atoms. The van der Waals surface area contributed by atoms with Crippen LogP contribution < -0.4 is 10.3 Å². The topological polar surface area (TPSA) is 110 Å². The maximum absolute atomic E-state index is 13.4. The van der Waals surface area contributed by atoms with Gasteiger partial charge in [0.15, 0.2) is 5.65 Å². The minimum Gasteiger partial charge on any atom is -0.404 e. The summed E-state index contributed by atoms with van der Waals surface area (Å²) in [5.41, 5.74) is 0.755. The average Bonchev–Trinajstić information content (AvgIpc) is 3.20. The SMILES string of the molecule is Cc1nn(C2CCCCC2)c2nc(C3CCCN(S(=O)(=O)c4ccccc4OC(F)(F)F)C3)[nH]c(=O)c12. The quantitative estimate of drug-likeness (QED) is 0.515.